The fourth-order valence-electron chi connectivity index (χ4n) is 4.52. The fraction of sp³-hybridized carbons (Fsp3) is 0.333. The van der Waals surface area contributed by atoms with E-state index in [0.29, 0.717) is 6.42 Å². The van der Waals surface area contributed by atoms with E-state index >= 15 is 0 Å². The maximum absolute atomic E-state index is 13.3. The van der Waals surface area contributed by atoms with Gasteiger partial charge in [0.05, 0.1) is 22.4 Å². The molecule has 5 rings (SSSR count). The molecule has 5 nitrogen and oxygen atoms in total. The molecule has 0 radical (unpaired) electrons. The van der Waals surface area contributed by atoms with E-state index in [1.165, 1.54) is 11.1 Å². The first-order valence-electron chi connectivity index (χ1n) is 10.2. The lowest BCUT2D eigenvalue weighted by Gasteiger charge is -2.33. The number of aryl methyl sites for hydroxylation is 2. The highest BCUT2D eigenvalue weighted by atomic mass is 16.1. The van der Waals surface area contributed by atoms with Crippen molar-refractivity contribution < 1.29 is 4.79 Å². The summed E-state index contributed by atoms with van der Waals surface area (Å²) < 4.78 is 0. The smallest absolute Gasteiger partial charge is 0.163 e. The molecule has 2 aliphatic rings. The summed E-state index contributed by atoms with van der Waals surface area (Å²) in [4.78, 5) is 21.6. The van der Waals surface area contributed by atoms with Crippen molar-refractivity contribution in [2.75, 3.05) is 10.6 Å². The van der Waals surface area contributed by atoms with E-state index in [-0.39, 0.29) is 17.2 Å². The van der Waals surface area contributed by atoms with Crippen LogP contribution in [0.15, 0.2) is 47.7 Å². The number of allylic oxidation sites excluding steroid dienone is 1. The van der Waals surface area contributed by atoms with E-state index < -0.39 is 0 Å². The first-order chi connectivity index (χ1) is 13.8. The molecular weight excluding hydrogens is 360 g/mol. The molecule has 2 heterocycles. The van der Waals surface area contributed by atoms with Gasteiger partial charge < -0.3 is 15.6 Å². The molecule has 1 aromatic heterocycles. The number of nitrogens with zero attached hydrogens (tertiary/aromatic N) is 1. The summed E-state index contributed by atoms with van der Waals surface area (Å²) in [6.07, 6.45) is 1.37. The zero-order chi connectivity index (χ0) is 20.3. The highest BCUT2D eigenvalue weighted by Crippen LogP contribution is 2.45. The topological polar surface area (TPSA) is 69.8 Å². The molecule has 0 amide bonds. The SMILES string of the molecule is Cc1cc2c(cc1C)NC(c1nc3ccccc3[nH]1)C1=C(CC(C)(C)CC1=O)N2. The Morgan fingerprint density at radius 2 is 1.76 bits per heavy atom. The standard InChI is InChI=1S/C24H26N4O/c1-13-9-17-18(10-14(13)2)26-22(23-27-15-7-5-6-8-16(15)28-23)21-19(25-17)11-24(3,4)12-20(21)29/h5-10,22,25-26H,11-12H2,1-4H3,(H,27,28). The number of imidazole rings is 1. The summed E-state index contributed by atoms with van der Waals surface area (Å²) in [6, 6.07) is 12.0. The van der Waals surface area contributed by atoms with Crippen molar-refractivity contribution in [3.8, 4) is 0 Å². The van der Waals surface area contributed by atoms with E-state index in [2.05, 4.69) is 55.4 Å². The number of ketones is 1. The minimum Gasteiger partial charge on any atom is -0.370 e. The molecule has 1 aliphatic heterocycles. The number of anilines is 2. The third-order valence-corrected chi connectivity index (χ3v) is 6.11. The second-order valence-electron chi connectivity index (χ2n) is 9.16. The summed E-state index contributed by atoms with van der Waals surface area (Å²) in [6.45, 7) is 8.54. The first kappa shape index (κ1) is 18.0. The van der Waals surface area contributed by atoms with Gasteiger partial charge in [-0.3, -0.25) is 4.79 Å². The highest BCUT2D eigenvalue weighted by molar-refractivity contribution is 6.01. The molecule has 3 N–H and O–H groups in total. The van der Waals surface area contributed by atoms with Crippen molar-refractivity contribution in [1.29, 1.82) is 0 Å². The molecule has 3 aromatic rings. The van der Waals surface area contributed by atoms with Crippen LogP contribution in [0.4, 0.5) is 11.4 Å². The number of H-pyrrole nitrogens is 1. The van der Waals surface area contributed by atoms with E-state index in [1.54, 1.807) is 0 Å². The second-order valence-corrected chi connectivity index (χ2v) is 9.16. The third kappa shape index (κ3) is 3.01. The minimum atomic E-state index is -0.308. The van der Waals surface area contributed by atoms with Gasteiger partial charge in [-0.15, -0.1) is 0 Å². The number of aromatic nitrogens is 2. The van der Waals surface area contributed by atoms with Gasteiger partial charge in [-0.05, 0) is 61.1 Å². The Hall–Kier alpha value is -3.08. The van der Waals surface area contributed by atoms with Crippen molar-refractivity contribution in [1.82, 2.24) is 9.97 Å². The number of benzene rings is 2. The van der Waals surface area contributed by atoms with Crippen molar-refractivity contribution in [3.63, 3.8) is 0 Å². The van der Waals surface area contributed by atoms with E-state index in [4.69, 9.17) is 4.98 Å². The van der Waals surface area contributed by atoms with E-state index in [1.807, 2.05) is 24.3 Å². The van der Waals surface area contributed by atoms with Crippen LogP contribution in [-0.4, -0.2) is 15.8 Å². The number of carbonyl (C=O) groups is 1. The largest absolute Gasteiger partial charge is 0.370 e. The summed E-state index contributed by atoms with van der Waals surface area (Å²) >= 11 is 0. The number of Topliss-reactive ketones (excluding diaryl/α,β-unsaturated/α-hetero) is 1. The normalized spacial score (nSPS) is 20.6. The van der Waals surface area contributed by atoms with E-state index in [0.717, 1.165) is 45.9 Å². The molecule has 0 saturated heterocycles. The Morgan fingerprint density at radius 3 is 2.52 bits per heavy atom. The molecule has 0 spiro atoms. The van der Waals surface area contributed by atoms with Gasteiger partial charge in [-0.25, -0.2) is 4.98 Å². The molecule has 29 heavy (non-hydrogen) atoms. The second kappa shape index (κ2) is 6.21. The number of rotatable bonds is 1. The molecule has 1 aliphatic carbocycles. The number of carbonyl (C=O) groups excluding carboxylic acids is 1. The Morgan fingerprint density at radius 1 is 1.03 bits per heavy atom. The van der Waals surface area contributed by atoms with Gasteiger partial charge in [0.25, 0.3) is 0 Å². The number of para-hydroxylation sites is 2. The molecule has 5 heteroatoms. The molecule has 0 bridgehead atoms. The number of aromatic amines is 1. The van der Waals surface area contributed by atoms with Gasteiger partial charge in [0.1, 0.15) is 11.9 Å². The molecule has 1 atom stereocenters. The number of hydrogen-bond acceptors (Lipinski definition) is 4. The highest BCUT2D eigenvalue weighted by Gasteiger charge is 2.39. The molecule has 2 aromatic carbocycles. The zero-order valence-corrected chi connectivity index (χ0v) is 17.3. The summed E-state index contributed by atoms with van der Waals surface area (Å²) in [5.41, 5.74) is 8.09. The summed E-state index contributed by atoms with van der Waals surface area (Å²) in [7, 11) is 0. The quantitative estimate of drug-likeness (QED) is 0.524. The van der Waals surface area contributed by atoms with Crippen molar-refractivity contribution >= 4 is 28.2 Å². The van der Waals surface area contributed by atoms with Crippen molar-refractivity contribution in [2.24, 2.45) is 5.41 Å². The summed E-state index contributed by atoms with van der Waals surface area (Å²) in [5, 5.41) is 7.23. The Kier molecular flexibility index (Phi) is 3.85. The fourth-order valence-corrected chi connectivity index (χ4v) is 4.52. The Labute approximate surface area is 170 Å². The maximum atomic E-state index is 13.3. The van der Waals surface area contributed by atoms with Crippen LogP contribution in [0.5, 0.6) is 0 Å². The van der Waals surface area contributed by atoms with Crippen LogP contribution in [0.1, 0.15) is 49.7 Å². The molecule has 148 valence electrons. The average molecular weight is 386 g/mol. The van der Waals surface area contributed by atoms with Gasteiger partial charge in [-0.2, -0.15) is 0 Å². The number of fused-ring (bicyclic) bond motifs is 2. The Bertz CT molecular complexity index is 1150. The minimum absolute atomic E-state index is 0.0639. The maximum Gasteiger partial charge on any atom is 0.163 e. The van der Waals surface area contributed by atoms with Crippen LogP contribution in [0, 0.1) is 19.3 Å². The lowest BCUT2D eigenvalue weighted by atomic mass is 9.74. The molecule has 0 saturated carbocycles. The predicted molar refractivity (Wildman–Crippen MR) is 117 cm³/mol. The van der Waals surface area contributed by atoms with Gasteiger partial charge in [0, 0.05) is 17.7 Å². The van der Waals surface area contributed by atoms with Crippen LogP contribution in [-0.2, 0) is 4.79 Å². The van der Waals surface area contributed by atoms with E-state index in [9.17, 15) is 4.79 Å². The Balaban J connectivity index is 1.71. The van der Waals surface area contributed by atoms with Gasteiger partial charge in [-0.1, -0.05) is 26.0 Å². The average Bonchev–Trinajstić information content (AvgIpc) is 3.00. The van der Waals surface area contributed by atoms with Gasteiger partial charge in [0.2, 0.25) is 0 Å². The number of hydrogen-bond donors (Lipinski definition) is 3. The molecule has 1 unspecified atom stereocenters. The van der Waals surface area contributed by atoms with Gasteiger partial charge >= 0.3 is 0 Å². The molecular formula is C24H26N4O. The number of nitrogens with one attached hydrogen (secondary N) is 3. The van der Waals surface area contributed by atoms with Crippen LogP contribution in [0.3, 0.4) is 0 Å². The summed E-state index contributed by atoms with van der Waals surface area (Å²) in [5.74, 6) is 0.961. The van der Waals surface area contributed by atoms with Gasteiger partial charge in [0.15, 0.2) is 5.78 Å². The van der Waals surface area contributed by atoms with Crippen molar-refractivity contribution in [3.05, 3.63) is 64.6 Å². The van der Waals surface area contributed by atoms with Crippen LogP contribution in [0.25, 0.3) is 11.0 Å². The lowest BCUT2D eigenvalue weighted by Crippen LogP contribution is -2.31. The van der Waals surface area contributed by atoms with Crippen molar-refractivity contribution in [2.45, 2.75) is 46.6 Å². The van der Waals surface area contributed by atoms with Crippen LogP contribution >= 0.6 is 0 Å². The van der Waals surface area contributed by atoms with Crippen LogP contribution < -0.4 is 10.6 Å². The third-order valence-electron chi connectivity index (χ3n) is 6.11. The monoisotopic (exact) mass is 386 g/mol. The predicted octanol–water partition coefficient (Wildman–Crippen LogP) is 5.40. The zero-order valence-electron chi connectivity index (χ0n) is 17.3. The first-order valence-corrected chi connectivity index (χ1v) is 10.2. The lowest BCUT2D eigenvalue weighted by molar-refractivity contribution is -0.118. The van der Waals surface area contributed by atoms with Crippen LogP contribution in [0.2, 0.25) is 0 Å². The molecule has 0 fully saturated rings.